The third kappa shape index (κ3) is 6.02. The normalized spacial score (nSPS) is 10.5. The van der Waals surface area contributed by atoms with Crippen molar-refractivity contribution in [2.45, 2.75) is 39.0 Å². The van der Waals surface area contributed by atoms with Gasteiger partial charge in [0.05, 0.1) is 14.2 Å². The number of carbonyl (C=O) groups excluding carboxylic acids is 1. The monoisotopic (exact) mass is 382 g/mol. The van der Waals surface area contributed by atoms with Crippen LogP contribution in [0.5, 0.6) is 0 Å². The standard InChI is InChI=1S/C12H16Br2O2S/c1-2-16-11(15)7-5-3-4-6-9-8-10(13)17-12(9)14/h8H,2-7H2,1H3. The lowest BCUT2D eigenvalue weighted by Crippen LogP contribution is -2.03. The van der Waals surface area contributed by atoms with Gasteiger partial charge in [-0.2, -0.15) is 0 Å². The molecule has 0 amide bonds. The summed E-state index contributed by atoms with van der Waals surface area (Å²) in [5.41, 5.74) is 1.35. The minimum atomic E-state index is -0.0769. The van der Waals surface area contributed by atoms with Gasteiger partial charge in [-0.15, -0.1) is 11.3 Å². The molecule has 0 unspecified atom stereocenters. The zero-order valence-electron chi connectivity index (χ0n) is 9.80. The first kappa shape index (κ1) is 15.2. The summed E-state index contributed by atoms with van der Waals surface area (Å²) in [5, 5.41) is 0. The van der Waals surface area contributed by atoms with Crippen molar-refractivity contribution >= 4 is 49.2 Å². The highest BCUT2D eigenvalue weighted by molar-refractivity contribution is 9.12. The van der Waals surface area contributed by atoms with E-state index in [1.807, 2.05) is 6.92 Å². The van der Waals surface area contributed by atoms with Gasteiger partial charge in [0.15, 0.2) is 0 Å². The van der Waals surface area contributed by atoms with E-state index in [0.717, 1.165) is 29.5 Å². The van der Waals surface area contributed by atoms with Gasteiger partial charge in [0.25, 0.3) is 0 Å². The Kier molecular flexibility index (Phi) is 7.39. The molecule has 0 fully saturated rings. The number of carbonyl (C=O) groups is 1. The predicted octanol–water partition coefficient (Wildman–Crippen LogP) is 4.94. The van der Waals surface area contributed by atoms with Gasteiger partial charge in [0, 0.05) is 6.42 Å². The SMILES string of the molecule is CCOC(=O)CCCCCc1cc(Br)sc1Br. The van der Waals surface area contributed by atoms with Gasteiger partial charge in [-0.1, -0.05) is 6.42 Å². The summed E-state index contributed by atoms with van der Waals surface area (Å²) < 4.78 is 7.24. The first-order chi connectivity index (χ1) is 8.13. The van der Waals surface area contributed by atoms with Crippen LogP contribution in [0.15, 0.2) is 13.6 Å². The fraction of sp³-hybridized carbons (Fsp3) is 0.583. The molecule has 0 saturated carbocycles. The van der Waals surface area contributed by atoms with Crippen LogP contribution < -0.4 is 0 Å². The van der Waals surface area contributed by atoms with Crippen LogP contribution in [0.3, 0.4) is 0 Å². The number of esters is 1. The van der Waals surface area contributed by atoms with Crippen molar-refractivity contribution in [3.63, 3.8) is 0 Å². The van der Waals surface area contributed by atoms with E-state index in [1.165, 1.54) is 9.35 Å². The highest BCUT2D eigenvalue weighted by atomic mass is 79.9. The molecule has 1 rings (SSSR count). The molecule has 0 N–H and O–H groups in total. The second-order valence-electron chi connectivity index (χ2n) is 3.72. The summed E-state index contributed by atoms with van der Waals surface area (Å²) in [6.07, 6.45) is 4.70. The number of rotatable bonds is 7. The number of aryl methyl sites for hydroxylation is 1. The number of unbranched alkanes of at least 4 members (excludes halogenated alkanes) is 2. The molecule has 0 aliphatic heterocycles. The lowest BCUT2D eigenvalue weighted by Gasteiger charge is -2.02. The van der Waals surface area contributed by atoms with Crippen molar-refractivity contribution in [2.75, 3.05) is 6.61 Å². The summed E-state index contributed by atoms with van der Waals surface area (Å²) >= 11 is 8.72. The van der Waals surface area contributed by atoms with Crippen LogP contribution in [0, 0.1) is 0 Å². The fourth-order valence-electron chi connectivity index (χ4n) is 1.54. The van der Waals surface area contributed by atoms with Crippen molar-refractivity contribution in [1.29, 1.82) is 0 Å². The summed E-state index contributed by atoms with van der Waals surface area (Å²) in [6, 6.07) is 2.15. The van der Waals surface area contributed by atoms with Gasteiger partial charge in [-0.05, 0) is 69.7 Å². The van der Waals surface area contributed by atoms with E-state index >= 15 is 0 Å². The number of halogens is 2. The fourth-order valence-corrected chi connectivity index (χ4v) is 4.45. The van der Waals surface area contributed by atoms with Crippen molar-refractivity contribution in [3.05, 3.63) is 19.2 Å². The molecule has 96 valence electrons. The van der Waals surface area contributed by atoms with E-state index in [2.05, 4.69) is 37.9 Å². The Morgan fingerprint density at radius 2 is 2.12 bits per heavy atom. The number of thiophene rings is 1. The van der Waals surface area contributed by atoms with Crippen LogP contribution in [0.2, 0.25) is 0 Å². The topological polar surface area (TPSA) is 26.3 Å². The summed E-state index contributed by atoms with van der Waals surface area (Å²) in [5.74, 6) is -0.0769. The van der Waals surface area contributed by atoms with Crippen LogP contribution in [-0.2, 0) is 16.0 Å². The largest absolute Gasteiger partial charge is 0.466 e. The Morgan fingerprint density at radius 1 is 1.35 bits per heavy atom. The maximum Gasteiger partial charge on any atom is 0.305 e. The Balaban J connectivity index is 2.12. The Labute approximate surface area is 123 Å². The van der Waals surface area contributed by atoms with Crippen LogP contribution in [0.25, 0.3) is 0 Å². The molecule has 2 nitrogen and oxygen atoms in total. The van der Waals surface area contributed by atoms with Gasteiger partial charge in [0.2, 0.25) is 0 Å². The highest BCUT2D eigenvalue weighted by Crippen LogP contribution is 2.32. The van der Waals surface area contributed by atoms with E-state index in [9.17, 15) is 4.79 Å². The van der Waals surface area contributed by atoms with Crippen molar-refractivity contribution in [3.8, 4) is 0 Å². The molecule has 5 heteroatoms. The Hall–Kier alpha value is 0.130. The number of ether oxygens (including phenoxy) is 1. The summed E-state index contributed by atoms with van der Waals surface area (Å²) in [4.78, 5) is 11.1. The predicted molar refractivity (Wildman–Crippen MR) is 78.5 cm³/mol. The minimum Gasteiger partial charge on any atom is -0.466 e. The van der Waals surface area contributed by atoms with Gasteiger partial charge in [-0.3, -0.25) is 4.79 Å². The van der Waals surface area contributed by atoms with Gasteiger partial charge < -0.3 is 4.74 Å². The van der Waals surface area contributed by atoms with Crippen molar-refractivity contribution < 1.29 is 9.53 Å². The van der Waals surface area contributed by atoms with Crippen LogP contribution in [-0.4, -0.2) is 12.6 Å². The van der Waals surface area contributed by atoms with Crippen LogP contribution in [0.1, 0.15) is 38.2 Å². The van der Waals surface area contributed by atoms with E-state index in [0.29, 0.717) is 13.0 Å². The number of hydrogen-bond acceptors (Lipinski definition) is 3. The zero-order valence-corrected chi connectivity index (χ0v) is 13.8. The molecule has 0 bridgehead atoms. The average molecular weight is 384 g/mol. The average Bonchev–Trinajstić information content (AvgIpc) is 2.57. The number of hydrogen-bond donors (Lipinski definition) is 0. The van der Waals surface area contributed by atoms with Crippen molar-refractivity contribution in [2.24, 2.45) is 0 Å². The Bertz CT molecular complexity index is 363. The van der Waals surface area contributed by atoms with E-state index in [1.54, 1.807) is 11.3 Å². The summed E-state index contributed by atoms with van der Waals surface area (Å²) in [6.45, 7) is 2.32. The van der Waals surface area contributed by atoms with Gasteiger partial charge in [-0.25, -0.2) is 0 Å². The second-order valence-corrected chi connectivity index (χ2v) is 7.46. The molecule has 0 saturated heterocycles. The third-order valence-corrected chi connectivity index (χ3v) is 4.82. The molecule has 0 aromatic carbocycles. The molecule has 1 aromatic heterocycles. The third-order valence-electron chi connectivity index (χ3n) is 2.36. The van der Waals surface area contributed by atoms with E-state index in [-0.39, 0.29) is 5.97 Å². The van der Waals surface area contributed by atoms with Crippen LogP contribution in [0.4, 0.5) is 0 Å². The molecule has 0 spiro atoms. The zero-order chi connectivity index (χ0) is 12.7. The maximum atomic E-state index is 11.1. The molecule has 1 heterocycles. The Morgan fingerprint density at radius 3 is 2.71 bits per heavy atom. The molecule has 0 radical (unpaired) electrons. The molecular formula is C12H16Br2O2S. The van der Waals surface area contributed by atoms with Gasteiger partial charge >= 0.3 is 5.97 Å². The first-order valence-corrected chi connectivity index (χ1v) is 8.13. The first-order valence-electron chi connectivity index (χ1n) is 5.72. The van der Waals surface area contributed by atoms with E-state index in [4.69, 9.17) is 4.74 Å². The molecule has 0 atom stereocenters. The lowest BCUT2D eigenvalue weighted by atomic mass is 10.1. The van der Waals surface area contributed by atoms with Crippen LogP contribution >= 0.6 is 43.2 Å². The van der Waals surface area contributed by atoms with E-state index < -0.39 is 0 Å². The molecule has 0 aliphatic rings. The highest BCUT2D eigenvalue weighted by Gasteiger charge is 2.05. The molecule has 0 aliphatic carbocycles. The molecule has 1 aromatic rings. The lowest BCUT2D eigenvalue weighted by molar-refractivity contribution is -0.143. The minimum absolute atomic E-state index is 0.0769. The molecule has 17 heavy (non-hydrogen) atoms. The van der Waals surface area contributed by atoms with Crippen molar-refractivity contribution in [1.82, 2.24) is 0 Å². The molecular weight excluding hydrogens is 368 g/mol. The maximum absolute atomic E-state index is 11.1. The smallest absolute Gasteiger partial charge is 0.305 e. The second kappa shape index (κ2) is 8.27. The van der Waals surface area contributed by atoms with Gasteiger partial charge in [0.1, 0.15) is 0 Å². The quantitative estimate of drug-likeness (QED) is 0.492. The summed E-state index contributed by atoms with van der Waals surface area (Å²) in [7, 11) is 0.